The molecule has 1 saturated heterocycles. The highest BCUT2D eigenvalue weighted by Gasteiger charge is 2.24. The second-order valence-corrected chi connectivity index (χ2v) is 8.29. The molecule has 1 aromatic carbocycles. The average Bonchev–Trinajstić information content (AvgIpc) is 3.06. The normalized spacial score (nSPS) is 14.5. The van der Waals surface area contributed by atoms with E-state index in [1.54, 1.807) is 30.0 Å². The van der Waals surface area contributed by atoms with Crippen molar-refractivity contribution in [3.8, 4) is 0 Å². The van der Waals surface area contributed by atoms with Gasteiger partial charge in [-0.15, -0.1) is 0 Å². The molecule has 0 radical (unpaired) electrons. The Balaban J connectivity index is 1.65. The lowest BCUT2D eigenvalue weighted by molar-refractivity contribution is -0.384. The summed E-state index contributed by atoms with van der Waals surface area (Å²) in [6.45, 7) is 11.7. The summed E-state index contributed by atoms with van der Waals surface area (Å²) in [6, 6.07) is 6.64. The highest BCUT2D eigenvalue weighted by Crippen LogP contribution is 2.25. The number of amides is 1. The van der Waals surface area contributed by atoms with Gasteiger partial charge in [-0.25, -0.2) is 4.79 Å². The zero-order valence-electron chi connectivity index (χ0n) is 20.2. The molecule has 1 amide bonds. The van der Waals surface area contributed by atoms with E-state index in [9.17, 15) is 19.7 Å². The number of nitrogens with zero attached hydrogens (tertiary/aromatic N) is 4. The number of piperazine rings is 1. The van der Waals surface area contributed by atoms with Gasteiger partial charge in [-0.3, -0.25) is 19.8 Å². The number of aromatic nitrogens is 1. The van der Waals surface area contributed by atoms with E-state index in [0.717, 1.165) is 29.1 Å². The predicted molar refractivity (Wildman–Crippen MR) is 130 cm³/mol. The quantitative estimate of drug-likeness (QED) is 0.254. The number of carbonyl (C=O) groups excluding carboxylic acids is 2. The summed E-state index contributed by atoms with van der Waals surface area (Å²) >= 11 is 0. The molecular formula is C25H32N4O5. The molecule has 9 nitrogen and oxygen atoms in total. The Kier molecular flexibility index (Phi) is 8.22. The number of esters is 1. The van der Waals surface area contributed by atoms with E-state index in [1.807, 2.05) is 31.4 Å². The molecule has 1 fully saturated rings. The summed E-state index contributed by atoms with van der Waals surface area (Å²) in [5.41, 5.74) is 3.95. The molecule has 0 atom stereocenters. The van der Waals surface area contributed by atoms with Gasteiger partial charge in [-0.05, 0) is 39.3 Å². The van der Waals surface area contributed by atoms with Crippen LogP contribution in [0.25, 0.3) is 6.08 Å². The van der Waals surface area contributed by atoms with Crippen LogP contribution in [0.5, 0.6) is 0 Å². The summed E-state index contributed by atoms with van der Waals surface area (Å²) in [4.78, 5) is 40.0. The fourth-order valence-corrected chi connectivity index (χ4v) is 4.46. The molecule has 0 spiro atoms. The third kappa shape index (κ3) is 5.53. The number of nitro benzene ring substituents is 1. The van der Waals surface area contributed by atoms with Gasteiger partial charge in [0.05, 0.1) is 17.1 Å². The molecule has 2 aromatic rings. The molecule has 34 heavy (non-hydrogen) atoms. The van der Waals surface area contributed by atoms with Crippen LogP contribution in [0.4, 0.5) is 5.69 Å². The zero-order chi connectivity index (χ0) is 24.8. The monoisotopic (exact) mass is 468 g/mol. The second kappa shape index (κ2) is 11.1. The smallest absolute Gasteiger partial charge is 0.340 e. The van der Waals surface area contributed by atoms with E-state index in [1.165, 1.54) is 12.1 Å². The number of benzene rings is 1. The molecule has 182 valence electrons. The summed E-state index contributed by atoms with van der Waals surface area (Å²) in [5.74, 6) is -0.483. The number of ether oxygens (including phenoxy) is 1. The lowest BCUT2D eigenvalue weighted by Gasteiger charge is -2.34. The van der Waals surface area contributed by atoms with Crippen LogP contribution in [-0.2, 0) is 22.6 Å². The number of nitro groups is 1. The van der Waals surface area contributed by atoms with Gasteiger partial charge in [0.15, 0.2) is 0 Å². The highest BCUT2D eigenvalue weighted by molar-refractivity contribution is 5.98. The van der Waals surface area contributed by atoms with Crippen LogP contribution in [0, 0.1) is 24.0 Å². The number of carbonyl (C=O) groups is 2. The first-order valence-electron chi connectivity index (χ1n) is 11.6. The van der Waals surface area contributed by atoms with Crippen molar-refractivity contribution in [2.75, 3.05) is 32.8 Å². The average molecular weight is 469 g/mol. The molecular weight excluding hydrogens is 436 g/mol. The van der Waals surface area contributed by atoms with Crippen molar-refractivity contribution in [1.82, 2.24) is 14.4 Å². The van der Waals surface area contributed by atoms with Crippen molar-refractivity contribution in [2.45, 2.75) is 40.8 Å². The fourth-order valence-electron chi connectivity index (χ4n) is 4.46. The van der Waals surface area contributed by atoms with E-state index < -0.39 is 4.92 Å². The topological polar surface area (TPSA) is 97.9 Å². The van der Waals surface area contributed by atoms with Crippen LogP contribution < -0.4 is 0 Å². The van der Waals surface area contributed by atoms with E-state index in [-0.39, 0.29) is 24.2 Å². The van der Waals surface area contributed by atoms with Crippen LogP contribution in [0.3, 0.4) is 0 Å². The molecule has 0 saturated carbocycles. The van der Waals surface area contributed by atoms with Crippen molar-refractivity contribution in [1.29, 1.82) is 0 Å². The summed E-state index contributed by atoms with van der Waals surface area (Å²) in [7, 11) is 0. The maximum absolute atomic E-state index is 12.9. The van der Waals surface area contributed by atoms with Gasteiger partial charge >= 0.3 is 5.97 Å². The fraction of sp³-hybridized carbons (Fsp3) is 0.440. The molecule has 9 heteroatoms. The van der Waals surface area contributed by atoms with Gasteiger partial charge in [-0.2, -0.15) is 0 Å². The molecule has 0 bridgehead atoms. The minimum absolute atomic E-state index is 0.0843. The number of hydrogen-bond acceptors (Lipinski definition) is 6. The van der Waals surface area contributed by atoms with Gasteiger partial charge in [0.25, 0.3) is 5.69 Å². The highest BCUT2D eigenvalue weighted by atomic mass is 16.6. The zero-order valence-corrected chi connectivity index (χ0v) is 20.2. The Labute approximate surface area is 199 Å². The van der Waals surface area contributed by atoms with Crippen molar-refractivity contribution >= 4 is 23.6 Å². The molecule has 3 rings (SSSR count). The van der Waals surface area contributed by atoms with E-state index in [2.05, 4.69) is 4.90 Å². The van der Waals surface area contributed by atoms with Crippen LogP contribution in [0.15, 0.2) is 30.3 Å². The number of hydrogen-bond donors (Lipinski definition) is 0. The largest absolute Gasteiger partial charge is 0.462 e. The SMILES string of the molecule is CCOC(=O)c1c(/C=C/C(=O)N2CCN(Cc3cccc([N+](=O)[O-])c3)CC2)c(C)n(CC)c1C. The Morgan fingerprint density at radius 2 is 1.82 bits per heavy atom. The second-order valence-electron chi connectivity index (χ2n) is 8.29. The molecule has 0 aliphatic carbocycles. The lowest BCUT2D eigenvalue weighted by Crippen LogP contribution is -2.47. The molecule has 1 aliphatic rings. The first kappa shape index (κ1) is 25.2. The van der Waals surface area contributed by atoms with Gasteiger partial charge in [-0.1, -0.05) is 12.1 Å². The Hall–Kier alpha value is -3.46. The molecule has 0 N–H and O–H groups in total. The molecule has 0 unspecified atom stereocenters. The van der Waals surface area contributed by atoms with Crippen LogP contribution in [-0.4, -0.2) is 64.0 Å². The lowest BCUT2D eigenvalue weighted by atomic mass is 10.1. The Morgan fingerprint density at radius 1 is 1.12 bits per heavy atom. The standard InChI is InChI=1S/C25H32N4O5/c1-5-28-18(3)22(24(19(28)4)25(31)34-6-2)10-11-23(30)27-14-12-26(13-15-27)17-20-8-7-9-21(16-20)29(32)33/h7-11,16H,5-6,12-15,17H2,1-4H3/b11-10+. The van der Waals surface area contributed by atoms with Crippen LogP contribution >= 0.6 is 0 Å². The molecule has 1 aliphatic heterocycles. The Bertz CT molecular complexity index is 1100. The Morgan fingerprint density at radius 3 is 2.44 bits per heavy atom. The first-order valence-corrected chi connectivity index (χ1v) is 11.6. The van der Waals surface area contributed by atoms with Crippen molar-refractivity contribution in [3.63, 3.8) is 0 Å². The minimum Gasteiger partial charge on any atom is -0.462 e. The molecule has 1 aromatic heterocycles. The van der Waals surface area contributed by atoms with Crippen molar-refractivity contribution < 1.29 is 19.2 Å². The summed E-state index contributed by atoms with van der Waals surface area (Å²) in [6.07, 6.45) is 3.25. The van der Waals surface area contributed by atoms with Crippen molar-refractivity contribution in [3.05, 3.63) is 68.5 Å². The summed E-state index contributed by atoms with van der Waals surface area (Å²) in [5, 5.41) is 11.0. The van der Waals surface area contributed by atoms with Gasteiger partial charge in [0, 0.05) is 74.4 Å². The van der Waals surface area contributed by atoms with Gasteiger partial charge in [0.1, 0.15) is 0 Å². The summed E-state index contributed by atoms with van der Waals surface area (Å²) < 4.78 is 7.29. The third-order valence-corrected chi connectivity index (χ3v) is 6.23. The maximum Gasteiger partial charge on any atom is 0.340 e. The first-order chi connectivity index (χ1) is 16.3. The minimum atomic E-state index is -0.391. The number of rotatable bonds is 8. The van der Waals surface area contributed by atoms with Gasteiger partial charge in [0.2, 0.25) is 5.91 Å². The van der Waals surface area contributed by atoms with E-state index in [0.29, 0.717) is 38.3 Å². The van der Waals surface area contributed by atoms with Crippen LogP contribution in [0.2, 0.25) is 0 Å². The van der Waals surface area contributed by atoms with Crippen molar-refractivity contribution in [2.24, 2.45) is 0 Å². The molecule has 2 heterocycles. The van der Waals surface area contributed by atoms with Crippen LogP contribution in [0.1, 0.15) is 46.7 Å². The van der Waals surface area contributed by atoms with E-state index >= 15 is 0 Å². The maximum atomic E-state index is 12.9. The van der Waals surface area contributed by atoms with Gasteiger partial charge < -0.3 is 14.2 Å². The predicted octanol–water partition coefficient (Wildman–Crippen LogP) is 3.57. The third-order valence-electron chi connectivity index (χ3n) is 6.23. The number of non-ortho nitro benzene ring substituents is 1. The van der Waals surface area contributed by atoms with E-state index in [4.69, 9.17) is 4.74 Å².